The van der Waals surface area contributed by atoms with E-state index in [0.29, 0.717) is 0 Å². The van der Waals surface area contributed by atoms with Crippen LogP contribution >= 0.6 is 0 Å². The predicted molar refractivity (Wildman–Crippen MR) is 60.5 cm³/mol. The lowest BCUT2D eigenvalue weighted by Gasteiger charge is -2.17. The van der Waals surface area contributed by atoms with E-state index in [9.17, 15) is 0 Å². The maximum absolute atomic E-state index is 5.53. The minimum Gasteiger partial charge on any atom is -0.381 e. The van der Waals surface area contributed by atoms with Gasteiger partial charge in [0.05, 0.1) is 0 Å². The van der Waals surface area contributed by atoms with Crippen molar-refractivity contribution in [2.45, 2.75) is 52.0 Å². The fourth-order valence-corrected chi connectivity index (χ4v) is 1.79. The van der Waals surface area contributed by atoms with Crippen LogP contribution < -0.4 is 5.32 Å². The Bertz CT molecular complexity index is 134. The molecule has 1 unspecified atom stereocenters. The molecule has 0 heterocycles. The first-order valence-corrected chi connectivity index (χ1v) is 6.19. The first-order valence-electron chi connectivity index (χ1n) is 6.19. The van der Waals surface area contributed by atoms with Gasteiger partial charge < -0.3 is 10.1 Å². The molecule has 1 saturated carbocycles. The van der Waals surface area contributed by atoms with E-state index in [2.05, 4.69) is 19.2 Å². The molecule has 2 heteroatoms. The zero-order valence-electron chi connectivity index (χ0n) is 9.72. The third-order valence-electron chi connectivity index (χ3n) is 2.77. The Labute approximate surface area is 88.4 Å². The van der Waals surface area contributed by atoms with E-state index in [4.69, 9.17) is 4.74 Å². The van der Waals surface area contributed by atoms with Gasteiger partial charge in [0.15, 0.2) is 0 Å². The van der Waals surface area contributed by atoms with Crippen molar-refractivity contribution in [1.82, 2.24) is 5.32 Å². The summed E-state index contributed by atoms with van der Waals surface area (Å²) in [5.74, 6) is 0.951. The SMILES string of the molecule is CCCNC(CCOCCC)C1CC1. The van der Waals surface area contributed by atoms with Crippen LogP contribution in [0.4, 0.5) is 0 Å². The van der Waals surface area contributed by atoms with Crippen LogP contribution in [0.5, 0.6) is 0 Å². The molecule has 1 N–H and O–H groups in total. The van der Waals surface area contributed by atoms with E-state index in [-0.39, 0.29) is 0 Å². The van der Waals surface area contributed by atoms with Gasteiger partial charge in [0.25, 0.3) is 0 Å². The summed E-state index contributed by atoms with van der Waals surface area (Å²) in [7, 11) is 0. The maximum atomic E-state index is 5.53. The van der Waals surface area contributed by atoms with E-state index in [0.717, 1.165) is 38.1 Å². The Morgan fingerprint density at radius 3 is 2.57 bits per heavy atom. The van der Waals surface area contributed by atoms with Crippen LogP contribution in [0.25, 0.3) is 0 Å². The molecule has 0 bridgehead atoms. The number of rotatable bonds is 9. The van der Waals surface area contributed by atoms with Crippen molar-refractivity contribution in [3.8, 4) is 0 Å². The highest BCUT2D eigenvalue weighted by atomic mass is 16.5. The highest BCUT2D eigenvalue weighted by molar-refractivity contribution is 4.86. The fraction of sp³-hybridized carbons (Fsp3) is 1.00. The normalized spacial score (nSPS) is 18.4. The number of hydrogen-bond acceptors (Lipinski definition) is 2. The van der Waals surface area contributed by atoms with Crippen molar-refractivity contribution in [2.75, 3.05) is 19.8 Å². The largest absolute Gasteiger partial charge is 0.381 e. The molecule has 0 aromatic carbocycles. The molecule has 0 spiro atoms. The van der Waals surface area contributed by atoms with Gasteiger partial charge in [0.1, 0.15) is 0 Å². The molecule has 1 aliphatic rings. The second kappa shape index (κ2) is 7.24. The average molecular weight is 199 g/mol. The smallest absolute Gasteiger partial charge is 0.0480 e. The summed E-state index contributed by atoms with van der Waals surface area (Å²) >= 11 is 0. The Hall–Kier alpha value is -0.0800. The zero-order valence-corrected chi connectivity index (χ0v) is 9.72. The van der Waals surface area contributed by atoms with E-state index < -0.39 is 0 Å². The summed E-state index contributed by atoms with van der Waals surface area (Å²) in [5.41, 5.74) is 0. The Morgan fingerprint density at radius 2 is 2.00 bits per heavy atom. The molecule has 0 saturated heterocycles. The van der Waals surface area contributed by atoms with E-state index in [1.165, 1.54) is 25.7 Å². The Morgan fingerprint density at radius 1 is 1.21 bits per heavy atom. The van der Waals surface area contributed by atoms with Crippen LogP contribution in [0.3, 0.4) is 0 Å². The second-order valence-corrected chi connectivity index (χ2v) is 4.30. The molecule has 0 aliphatic heterocycles. The third-order valence-corrected chi connectivity index (χ3v) is 2.77. The van der Waals surface area contributed by atoms with Gasteiger partial charge in [-0.25, -0.2) is 0 Å². The van der Waals surface area contributed by atoms with Crippen molar-refractivity contribution in [1.29, 1.82) is 0 Å². The molecule has 0 aromatic rings. The van der Waals surface area contributed by atoms with Gasteiger partial charge in [0.2, 0.25) is 0 Å². The molecule has 1 aliphatic carbocycles. The molecule has 1 atom stereocenters. The van der Waals surface area contributed by atoms with Gasteiger partial charge in [0, 0.05) is 19.3 Å². The molecular weight excluding hydrogens is 174 g/mol. The summed E-state index contributed by atoms with van der Waals surface area (Å²) in [6, 6.07) is 0.729. The van der Waals surface area contributed by atoms with Crippen LogP contribution in [-0.4, -0.2) is 25.8 Å². The monoisotopic (exact) mass is 199 g/mol. The van der Waals surface area contributed by atoms with Crippen molar-refractivity contribution in [3.63, 3.8) is 0 Å². The van der Waals surface area contributed by atoms with Gasteiger partial charge in [-0.05, 0) is 44.6 Å². The summed E-state index contributed by atoms with van der Waals surface area (Å²) in [4.78, 5) is 0. The molecule has 84 valence electrons. The number of hydrogen-bond donors (Lipinski definition) is 1. The summed E-state index contributed by atoms with van der Waals surface area (Å²) in [6.07, 6.45) is 6.42. The van der Waals surface area contributed by atoms with Gasteiger partial charge in [-0.2, -0.15) is 0 Å². The lowest BCUT2D eigenvalue weighted by atomic mass is 10.1. The van der Waals surface area contributed by atoms with Gasteiger partial charge >= 0.3 is 0 Å². The quantitative estimate of drug-likeness (QED) is 0.576. The van der Waals surface area contributed by atoms with Gasteiger partial charge in [-0.1, -0.05) is 13.8 Å². The van der Waals surface area contributed by atoms with E-state index in [1.807, 2.05) is 0 Å². The lowest BCUT2D eigenvalue weighted by molar-refractivity contribution is 0.122. The molecule has 0 amide bonds. The van der Waals surface area contributed by atoms with Crippen LogP contribution in [0, 0.1) is 5.92 Å². The standard InChI is InChI=1S/C12H25NO/c1-3-8-13-12(11-5-6-11)7-10-14-9-4-2/h11-13H,3-10H2,1-2H3. The number of nitrogens with one attached hydrogen (secondary N) is 1. The highest BCUT2D eigenvalue weighted by Gasteiger charge is 2.30. The first kappa shape index (κ1) is 12.0. The molecular formula is C12H25NO. The molecule has 0 aromatic heterocycles. The van der Waals surface area contributed by atoms with Crippen molar-refractivity contribution < 1.29 is 4.74 Å². The topological polar surface area (TPSA) is 21.3 Å². The lowest BCUT2D eigenvalue weighted by Crippen LogP contribution is -2.32. The van der Waals surface area contributed by atoms with Crippen molar-refractivity contribution in [3.05, 3.63) is 0 Å². The second-order valence-electron chi connectivity index (χ2n) is 4.30. The van der Waals surface area contributed by atoms with Crippen LogP contribution in [-0.2, 0) is 4.74 Å². The van der Waals surface area contributed by atoms with Crippen LogP contribution in [0.15, 0.2) is 0 Å². The summed E-state index contributed by atoms with van der Waals surface area (Å²) in [6.45, 7) is 7.41. The Kier molecular flexibility index (Phi) is 6.20. The zero-order chi connectivity index (χ0) is 10.2. The van der Waals surface area contributed by atoms with E-state index >= 15 is 0 Å². The number of ether oxygens (including phenoxy) is 1. The van der Waals surface area contributed by atoms with Crippen molar-refractivity contribution in [2.24, 2.45) is 5.92 Å². The average Bonchev–Trinajstić information content (AvgIpc) is 3.00. The minimum atomic E-state index is 0.729. The summed E-state index contributed by atoms with van der Waals surface area (Å²) < 4.78 is 5.53. The van der Waals surface area contributed by atoms with Crippen LogP contribution in [0.1, 0.15) is 46.0 Å². The molecule has 0 radical (unpaired) electrons. The van der Waals surface area contributed by atoms with Gasteiger partial charge in [-0.15, -0.1) is 0 Å². The van der Waals surface area contributed by atoms with Crippen LogP contribution in [0.2, 0.25) is 0 Å². The third kappa shape index (κ3) is 4.97. The fourth-order valence-electron chi connectivity index (χ4n) is 1.79. The van der Waals surface area contributed by atoms with E-state index in [1.54, 1.807) is 0 Å². The predicted octanol–water partition coefficient (Wildman–Crippen LogP) is 2.58. The summed E-state index contributed by atoms with van der Waals surface area (Å²) in [5, 5.41) is 3.63. The van der Waals surface area contributed by atoms with Crippen molar-refractivity contribution >= 4 is 0 Å². The maximum Gasteiger partial charge on any atom is 0.0480 e. The molecule has 1 fully saturated rings. The first-order chi connectivity index (χ1) is 6.88. The molecule has 1 rings (SSSR count). The van der Waals surface area contributed by atoms with Gasteiger partial charge in [-0.3, -0.25) is 0 Å². The minimum absolute atomic E-state index is 0.729. The molecule has 14 heavy (non-hydrogen) atoms. The Balaban J connectivity index is 2.02. The highest BCUT2D eigenvalue weighted by Crippen LogP contribution is 2.33. The molecule has 2 nitrogen and oxygen atoms in total.